The lowest BCUT2D eigenvalue weighted by Gasteiger charge is -2.23. The van der Waals surface area contributed by atoms with Gasteiger partial charge in [-0.2, -0.15) is 0 Å². The number of carbonyl (C=O) groups excluding carboxylic acids is 1. The van der Waals surface area contributed by atoms with Gasteiger partial charge in [0, 0.05) is 12.1 Å². The Labute approximate surface area is 126 Å². The van der Waals surface area contributed by atoms with Gasteiger partial charge in [0.2, 0.25) is 0 Å². The first kappa shape index (κ1) is 14.6. The van der Waals surface area contributed by atoms with Crippen molar-refractivity contribution in [3.8, 4) is 0 Å². The fraction of sp³-hybridized carbons (Fsp3) is 0.611. The maximum Gasteiger partial charge on any atom is 0.251 e. The Morgan fingerprint density at radius 2 is 2.05 bits per heavy atom. The van der Waals surface area contributed by atoms with E-state index in [0.29, 0.717) is 0 Å². The van der Waals surface area contributed by atoms with E-state index in [1.165, 1.54) is 32.1 Å². The molecular formula is C18H25NO2. The molecular weight excluding hydrogens is 262 g/mol. The number of fused-ring (bicyclic) bond motifs is 1. The van der Waals surface area contributed by atoms with Gasteiger partial charge in [0.1, 0.15) is 0 Å². The van der Waals surface area contributed by atoms with Gasteiger partial charge in [-0.1, -0.05) is 44.2 Å². The summed E-state index contributed by atoms with van der Waals surface area (Å²) in [5, 5.41) is 13.3. The van der Waals surface area contributed by atoms with Crippen LogP contribution in [0.25, 0.3) is 0 Å². The summed E-state index contributed by atoms with van der Waals surface area (Å²) in [6.07, 6.45) is 9.07. The molecule has 1 aromatic carbocycles. The van der Waals surface area contributed by atoms with Crippen LogP contribution < -0.4 is 5.32 Å². The fourth-order valence-corrected chi connectivity index (χ4v) is 3.67. The molecule has 1 unspecified atom stereocenters. The number of carbonyl (C=O) groups is 1. The third-order valence-electron chi connectivity index (χ3n) is 5.02. The number of rotatable bonds is 4. The van der Waals surface area contributed by atoms with Crippen LogP contribution in [0.2, 0.25) is 0 Å². The molecule has 1 aromatic rings. The van der Waals surface area contributed by atoms with E-state index in [1.54, 1.807) is 0 Å². The SMILES string of the molecule is O=C1NCCc2ccc(C(O)CCC3CCCCC3)cc21. The van der Waals surface area contributed by atoms with Crippen molar-refractivity contribution in [2.24, 2.45) is 5.92 Å². The second-order valence-electron chi connectivity index (χ2n) is 6.52. The zero-order chi connectivity index (χ0) is 14.7. The average Bonchev–Trinajstić information content (AvgIpc) is 2.54. The molecule has 2 N–H and O–H groups in total. The Balaban J connectivity index is 1.63. The number of hydrogen-bond donors (Lipinski definition) is 2. The highest BCUT2D eigenvalue weighted by Gasteiger charge is 2.20. The quantitative estimate of drug-likeness (QED) is 0.892. The third kappa shape index (κ3) is 3.46. The smallest absolute Gasteiger partial charge is 0.251 e. The number of nitrogens with one attached hydrogen (secondary N) is 1. The minimum absolute atomic E-state index is 0.00224. The Bertz CT molecular complexity index is 506. The number of hydrogen-bond acceptors (Lipinski definition) is 2. The molecule has 21 heavy (non-hydrogen) atoms. The predicted molar refractivity (Wildman–Crippen MR) is 83.2 cm³/mol. The van der Waals surface area contributed by atoms with E-state index >= 15 is 0 Å². The molecule has 3 nitrogen and oxygen atoms in total. The number of benzene rings is 1. The minimum atomic E-state index is -0.438. The summed E-state index contributed by atoms with van der Waals surface area (Å²) in [6.45, 7) is 0.718. The van der Waals surface area contributed by atoms with Crippen molar-refractivity contribution < 1.29 is 9.90 Å². The summed E-state index contributed by atoms with van der Waals surface area (Å²) in [7, 11) is 0. The van der Waals surface area contributed by atoms with E-state index in [1.807, 2.05) is 18.2 Å². The lowest BCUT2D eigenvalue weighted by molar-refractivity contribution is 0.0945. The number of amides is 1. The van der Waals surface area contributed by atoms with Crippen LogP contribution in [0.5, 0.6) is 0 Å². The van der Waals surface area contributed by atoms with Crippen LogP contribution in [-0.2, 0) is 6.42 Å². The molecule has 1 heterocycles. The summed E-state index contributed by atoms with van der Waals surface area (Å²) >= 11 is 0. The van der Waals surface area contributed by atoms with Gasteiger partial charge in [-0.05, 0) is 42.4 Å². The van der Waals surface area contributed by atoms with Gasteiger partial charge >= 0.3 is 0 Å². The Hall–Kier alpha value is -1.35. The van der Waals surface area contributed by atoms with Crippen LogP contribution in [0.15, 0.2) is 18.2 Å². The van der Waals surface area contributed by atoms with Crippen molar-refractivity contribution in [1.29, 1.82) is 0 Å². The molecule has 0 bridgehead atoms. The second-order valence-corrected chi connectivity index (χ2v) is 6.52. The highest BCUT2D eigenvalue weighted by Crippen LogP contribution is 2.31. The Morgan fingerprint density at radius 3 is 2.86 bits per heavy atom. The largest absolute Gasteiger partial charge is 0.388 e. The van der Waals surface area contributed by atoms with Gasteiger partial charge in [-0.15, -0.1) is 0 Å². The summed E-state index contributed by atoms with van der Waals surface area (Å²) in [5.41, 5.74) is 2.74. The summed E-state index contributed by atoms with van der Waals surface area (Å²) in [5.74, 6) is 0.784. The summed E-state index contributed by atoms with van der Waals surface area (Å²) in [6, 6.07) is 5.88. The minimum Gasteiger partial charge on any atom is -0.388 e. The second kappa shape index (κ2) is 6.61. The van der Waals surface area contributed by atoms with Gasteiger partial charge in [0.05, 0.1) is 6.10 Å². The Morgan fingerprint density at radius 1 is 1.24 bits per heavy atom. The van der Waals surface area contributed by atoms with Crippen molar-refractivity contribution in [3.63, 3.8) is 0 Å². The molecule has 1 amide bonds. The van der Waals surface area contributed by atoms with Gasteiger partial charge in [-0.25, -0.2) is 0 Å². The molecule has 114 valence electrons. The van der Waals surface area contributed by atoms with E-state index in [4.69, 9.17) is 0 Å². The maximum absolute atomic E-state index is 11.9. The first-order valence-electron chi connectivity index (χ1n) is 8.33. The van der Waals surface area contributed by atoms with Crippen LogP contribution in [0.3, 0.4) is 0 Å². The summed E-state index contributed by atoms with van der Waals surface area (Å²) < 4.78 is 0. The molecule has 1 saturated carbocycles. The molecule has 1 aliphatic heterocycles. The molecule has 0 saturated heterocycles. The van der Waals surface area contributed by atoms with Crippen LogP contribution >= 0.6 is 0 Å². The molecule has 1 fully saturated rings. The maximum atomic E-state index is 11.9. The van der Waals surface area contributed by atoms with E-state index in [0.717, 1.165) is 48.4 Å². The fourth-order valence-electron chi connectivity index (χ4n) is 3.67. The first-order chi connectivity index (χ1) is 10.2. The lowest BCUT2D eigenvalue weighted by Crippen LogP contribution is -2.31. The van der Waals surface area contributed by atoms with Gasteiger partial charge in [0.15, 0.2) is 0 Å². The molecule has 2 aliphatic rings. The number of aliphatic hydroxyl groups is 1. The predicted octanol–water partition coefficient (Wildman–Crippen LogP) is 3.37. The van der Waals surface area contributed by atoms with Gasteiger partial charge < -0.3 is 10.4 Å². The van der Waals surface area contributed by atoms with Crippen LogP contribution in [0, 0.1) is 5.92 Å². The Kier molecular flexibility index (Phi) is 4.59. The van der Waals surface area contributed by atoms with Crippen molar-refractivity contribution >= 4 is 5.91 Å². The lowest BCUT2D eigenvalue weighted by atomic mass is 9.84. The molecule has 3 heteroatoms. The third-order valence-corrected chi connectivity index (χ3v) is 5.02. The zero-order valence-corrected chi connectivity index (χ0v) is 12.6. The summed E-state index contributed by atoms with van der Waals surface area (Å²) in [4.78, 5) is 11.9. The van der Waals surface area contributed by atoms with E-state index in [-0.39, 0.29) is 5.91 Å². The topological polar surface area (TPSA) is 49.3 Å². The normalized spacial score (nSPS) is 20.7. The average molecular weight is 287 g/mol. The van der Waals surface area contributed by atoms with Crippen molar-refractivity contribution in [1.82, 2.24) is 5.32 Å². The standard InChI is InChI=1S/C18H25NO2/c20-17(9-6-13-4-2-1-3-5-13)15-8-7-14-10-11-19-18(21)16(14)12-15/h7-8,12-13,17,20H,1-6,9-11H2,(H,19,21). The number of aliphatic hydroxyl groups excluding tert-OH is 1. The van der Waals surface area contributed by atoms with Gasteiger partial charge in [0.25, 0.3) is 5.91 Å². The molecule has 0 spiro atoms. The highest BCUT2D eigenvalue weighted by molar-refractivity contribution is 5.96. The van der Waals surface area contributed by atoms with Crippen molar-refractivity contribution in [2.45, 2.75) is 57.5 Å². The highest BCUT2D eigenvalue weighted by atomic mass is 16.3. The molecule has 3 rings (SSSR count). The van der Waals surface area contributed by atoms with Crippen LogP contribution in [0.4, 0.5) is 0 Å². The molecule has 0 radical (unpaired) electrons. The van der Waals surface area contributed by atoms with E-state index in [9.17, 15) is 9.90 Å². The van der Waals surface area contributed by atoms with Crippen LogP contribution in [0.1, 0.15) is 72.5 Å². The molecule has 1 atom stereocenters. The zero-order valence-electron chi connectivity index (χ0n) is 12.6. The van der Waals surface area contributed by atoms with Crippen molar-refractivity contribution in [2.75, 3.05) is 6.54 Å². The van der Waals surface area contributed by atoms with Gasteiger partial charge in [-0.3, -0.25) is 4.79 Å². The van der Waals surface area contributed by atoms with Crippen molar-refractivity contribution in [3.05, 3.63) is 34.9 Å². The van der Waals surface area contributed by atoms with Crippen LogP contribution in [-0.4, -0.2) is 17.6 Å². The molecule has 0 aromatic heterocycles. The van der Waals surface area contributed by atoms with E-state index < -0.39 is 6.10 Å². The monoisotopic (exact) mass is 287 g/mol. The van der Waals surface area contributed by atoms with E-state index in [2.05, 4.69) is 5.32 Å². The molecule has 1 aliphatic carbocycles. The first-order valence-corrected chi connectivity index (χ1v) is 8.33.